The molecule has 1 fully saturated rings. The molecular formula is C15H27N3O3S. The van der Waals surface area contributed by atoms with Crippen LogP contribution in [-0.4, -0.2) is 67.1 Å². The molecular weight excluding hydrogens is 302 g/mol. The lowest BCUT2D eigenvalue weighted by Crippen LogP contribution is -2.54. The van der Waals surface area contributed by atoms with Crippen LogP contribution in [0.15, 0.2) is 12.2 Å². The van der Waals surface area contributed by atoms with Gasteiger partial charge < -0.3 is 4.90 Å². The summed E-state index contributed by atoms with van der Waals surface area (Å²) in [5.74, 6) is 0.515. The number of hydrogen-bond acceptors (Lipinski definition) is 3. The Hall–Kier alpha value is -0.920. The van der Waals surface area contributed by atoms with Gasteiger partial charge in [0.05, 0.1) is 0 Å². The Kier molecular flexibility index (Phi) is 6.00. The van der Waals surface area contributed by atoms with Gasteiger partial charge >= 0.3 is 0 Å². The summed E-state index contributed by atoms with van der Waals surface area (Å²) in [4.78, 5) is 14.1. The molecule has 0 aromatic carbocycles. The molecule has 1 aliphatic carbocycles. The first-order chi connectivity index (χ1) is 10.5. The fourth-order valence-corrected chi connectivity index (χ4v) is 4.70. The standard InChI is InChI=1S/C15H27N3O3S/c1-3-17(4-2)22(20,21)18-11-9-16(10-12-18)15(19)13-14-7-5-6-8-14/h5,7,14H,3-4,6,8-13H2,1-2H3/t14-/m0/s1. The molecule has 7 heteroatoms. The monoisotopic (exact) mass is 329 g/mol. The van der Waals surface area contributed by atoms with Crippen molar-refractivity contribution in [3.05, 3.63) is 12.2 Å². The minimum absolute atomic E-state index is 0.149. The molecule has 0 N–H and O–H groups in total. The first-order valence-electron chi connectivity index (χ1n) is 8.18. The van der Waals surface area contributed by atoms with Crippen molar-refractivity contribution in [3.8, 4) is 0 Å². The van der Waals surface area contributed by atoms with E-state index in [1.807, 2.05) is 13.8 Å². The SMILES string of the molecule is CCN(CC)S(=O)(=O)N1CCN(C(=O)C[C@H]2C=CCC2)CC1. The largest absolute Gasteiger partial charge is 0.340 e. The van der Waals surface area contributed by atoms with Crippen LogP contribution in [0.1, 0.15) is 33.1 Å². The quantitative estimate of drug-likeness (QED) is 0.685. The lowest BCUT2D eigenvalue weighted by Gasteiger charge is -2.36. The van der Waals surface area contributed by atoms with E-state index in [9.17, 15) is 13.2 Å². The van der Waals surface area contributed by atoms with E-state index in [2.05, 4.69) is 12.2 Å². The van der Waals surface area contributed by atoms with Gasteiger partial charge in [0.2, 0.25) is 5.91 Å². The van der Waals surface area contributed by atoms with Crippen molar-refractivity contribution in [2.75, 3.05) is 39.3 Å². The van der Waals surface area contributed by atoms with Crippen LogP contribution >= 0.6 is 0 Å². The maximum Gasteiger partial charge on any atom is 0.282 e. The zero-order valence-electron chi connectivity index (χ0n) is 13.6. The molecule has 1 saturated heterocycles. The zero-order valence-corrected chi connectivity index (χ0v) is 14.4. The molecule has 0 unspecified atom stereocenters. The van der Waals surface area contributed by atoms with E-state index in [1.165, 1.54) is 8.61 Å². The highest BCUT2D eigenvalue weighted by Crippen LogP contribution is 2.22. The van der Waals surface area contributed by atoms with E-state index in [0.29, 0.717) is 51.6 Å². The predicted molar refractivity (Wildman–Crippen MR) is 86.5 cm³/mol. The van der Waals surface area contributed by atoms with Gasteiger partial charge in [0.15, 0.2) is 0 Å². The second-order valence-electron chi connectivity index (χ2n) is 5.84. The second-order valence-corrected chi connectivity index (χ2v) is 7.77. The Morgan fingerprint density at radius 2 is 1.82 bits per heavy atom. The molecule has 2 rings (SSSR count). The summed E-state index contributed by atoms with van der Waals surface area (Å²) in [5, 5.41) is 0. The summed E-state index contributed by atoms with van der Waals surface area (Å²) in [5.41, 5.74) is 0. The maximum atomic E-state index is 12.4. The average Bonchev–Trinajstić information content (AvgIpc) is 3.01. The van der Waals surface area contributed by atoms with Crippen LogP contribution in [0, 0.1) is 5.92 Å². The highest BCUT2D eigenvalue weighted by atomic mass is 32.2. The highest BCUT2D eigenvalue weighted by Gasteiger charge is 2.32. The topological polar surface area (TPSA) is 60.9 Å². The highest BCUT2D eigenvalue weighted by molar-refractivity contribution is 7.86. The average molecular weight is 329 g/mol. The number of piperazine rings is 1. The number of hydrogen-bond donors (Lipinski definition) is 0. The first-order valence-corrected chi connectivity index (χ1v) is 9.58. The second kappa shape index (κ2) is 7.57. The van der Waals surface area contributed by atoms with E-state index in [4.69, 9.17) is 0 Å². The number of allylic oxidation sites excluding steroid dienone is 2. The molecule has 1 amide bonds. The molecule has 1 heterocycles. The Morgan fingerprint density at radius 3 is 2.32 bits per heavy atom. The number of carbonyl (C=O) groups is 1. The van der Waals surface area contributed by atoms with Crippen LogP contribution in [0.25, 0.3) is 0 Å². The smallest absolute Gasteiger partial charge is 0.282 e. The van der Waals surface area contributed by atoms with Gasteiger partial charge in [-0.2, -0.15) is 17.0 Å². The molecule has 1 aliphatic heterocycles. The van der Waals surface area contributed by atoms with Gasteiger partial charge in [-0.1, -0.05) is 26.0 Å². The van der Waals surface area contributed by atoms with E-state index in [-0.39, 0.29) is 5.91 Å². The number of nitrogens with zero attached hydrogens (tertiary/aromatic N) is 3. The Bertz CT molecular complexity index is 506. The summed E-state index contributed by atoms with van der Waals surface area (Å²) in [6.07, 6.45) is 6.93. The summed E-state index contributed by atoms with van der Waals surface area (Å²) in [7, 11) is -3.38. The van der Waals surface area contributed by atoms with Crippen molar-refractivity contribution in [2.24, 2.45) is 5.92 Å². The lowest BCUT2D eigenvalue weighted by molar-refractivity contribution is -0.133. The Morgan fingerprint density at radius 1 is 1.18 bits per heavy atom. The zero-order chi connectivity index (χ0) is 16.2. The minimum Gasteiger partial charge on any atom is -0.340 e. The molecule has 0 aromatic heterocycles. The van der Waals surface area contributed by atoms with Crippen LogP contribution < -0.4 is 0 Å². The van der Waals surface area contributed by atoms with Crippen molar-refractivity contribution >= 4 is 16.1 Å². The molecule has 22 heavy (non-hydrogen) atoms. The van der Waals surface area contributed by atoms with Crippen LogP contribution in [-0.2, 0) is 15.0 Å². The van der Waals surface area contributed by atoms with Crippen LogP contribution in [0.3, 0.4) is 0 Å². The normalized spacial score (nSPS) is 23.4. The van der Waals surface area contributed by atoms with Crippen molar-refractivity contribution in [2.45, 2.75) is 33.1 Å². The fraction of sp³-hybridized carbons (Fsp3) is 0.800. The van der Waals surface area contributed by atoms with Crippen LogP contribution in [0.5, 0.6) is 0 Å². The summed E-state index contributed by atoms with van der Waals surface area (Å²) < 4.78 is 27.9. The fourth-order valence-electron chi connectivity index (χ4n) is 3.10. The summed E-state index contributed by atoms with van der Waals surface area (Å²) in [6, 6.07) is 0. The van der Waals surface area contributed by atoms with E-state index >= 15 is 0 Å². The molecule has 1 atom stereocenters. The molecule has 0 spiro atoms. The molecule has 6 nitrogen and oxygen atoms in total. The lowest BCUT2D eigenvalue weighted by atomic mass is 10.0. The third-order valence-corrected chi connectivity index (χ3v) is 6.69. The van der Waals surface area contributed by atoms with Gasteiger partial charge in [-0.15, -0.1) is 0 Å². The summed E-state index contributed by atoms with van der Waals surface area (Å²) in [6.45, 7) is 6.42. The molecule has 0 saturated carbocycles. The summed E-state index contributed by atoms with van der Waals surface area (Å²) >= 11 is 0. The number of rotatable bonds is 6. The predicted octanol–water partition coefficient (Wildman–Crippen LogP) is 1.07. The van der Waals surface area contributed by atoms with E-state index < -0.39 is 10.2 Å². The molecule has 0 radical (unpaired) electrons. The molecule has 2 aliphatic rings. The van der Waals surface area contributed by atoms with Crippen LogP contribution in [0.4, 0.5) is 0 Å². The Labute approximate surface area is 133 Å². The number of amides is 1. The van der Waals surface area contributed by atoms with Crippen molar-refractivity contribution in [3.63, 3.8) is 0 Å². The molecule has 0 aromatic rings. The van der Waals surface area contributed by atoms with Gasteiger partial charge in [-0.05, 0) is 18.8 Å². The Balaban J connectivity index is 1.87. The minimum atomic E-state index is -3.38. The van der Waals surface area contributed by atoms with Crippen LogP contribution in [0.2, 0.25) is 0 Å². The molecule has 0 bridgehead atoms. The van der Waals surface area contributed by atoms with Gasteiger partial charge in [-0.3, -0.25) is 4.79 Å². The number of carbonyl (C=O) groups excluding carboxylic acids is 1. The third kappa shape index (κ3) is 3.88. The van der Waals surface area contributed by atoms with Crippen molar-refractivity contribution in [1.82, 2.24) is 13.5 Å². The van der Waals surface area contributed by atoms with Crippen molar-refractivity contribution in [1.29, 1.82) is 0 Å². The van der Waals surface area contributed by atoms with E-state index in [1.54, 1.807) is 4.90 Å². The van der Waals surface area contributed by atoms with Gasteiger partial charge in [0.1, 0.15) is 0 Å². The first kappa shape index (κ1) is 17.4. The third-order valence-electron chi connectivity index (χ3n) is 4.50. The van der Waals surface area contributed by atoms with E-state index in [0.717, 1.165) is 12.8 Å². The molecule has 126 valence electrons. The van der Waals surface area contributed by atoms with Gasteiger partial charge in [0.25, 0.3) is 10.2 Å². The van der Waals surface area contributed by atoms with Gasteiger partial charge in [0, 0.05) is 45.7 Å². The van der Waals surface area contributed by atoms with Gasteiger partial charge in [-0.25, -0.2) is 0 Å². The maximum absolute atomic E-state index is 12.4. The van der Waals surface area contributed by atoms with Crippen molar-refractivity contribution < 1.29 is 13.2 Å².